The number of hydrogen-bond donors (Lipinski definition) is 1. The van der Waals surface area contributed by atoms with Gasteiger partial charge in [-0.15, -0.1) is 0 Å². The fourth-order valence-electron chi connectivity index (χ4n) is 2.10. The predicted octanol–water partition coefficient (Wildman–Crippen LogP) is 2.42. The Hall–Kier alpha value is -0.860. The van der Waals surface area contributed by atoms with Crippen LogP contribution >= 0.6 is 0 Å². The molecule has 0 fully saturated rings. The van der Waals surface area contributed by atoms with Gasteiger partial charge in [-0.25, -0.2) is 0 Å². The standard InChI is InChI=1S/C13H22N2/c1-4-10-15(3)13(11(2)14)12-8-6-5-7-9-12/h5-9,11,13H,4,10,14H2,1-3H3. The predicted molar refractivity (Wildman–Crippen MR) is 65.8 cm³/mol. The maximum Gasteiger partial charge on any atom is 0.0493 e. The van der Waals surface area contributed by atoms with Gasteiger partial charge in [-0.3, -0.25) is 4.90 Å². The molecule has 0 aromatic heterocycles. The molecular weight excluding hydrogens is 184 g/mol. The fraction of sp³-hybridized carbons (Fsp3) is 0.538. The maximum absolute atomic E-state index is 6.06. The number of nitrogens with zero attached hydrogens (tertiary/aromatic N) is 1. The minimum absolute atomic E-state index is 0.156. The molecule has 0 aliphatic heterocycles. The number of hydrogen-bond acceptors (Lipinski definition) is 2. The molecule has 0 amide bonds. The number of benzene rings is 1. The van der Waals surface area contributed by atoms with Crippen LogP contribution in [0.1, 0.15) is 31.9 Å². The number of rotatable bonds is 5. The van der Waals surface area contributed by atoms with Gasteiger partial charge in [0.05, 0.1) is 0 Å². The lowest BCUT2D eigenvalue weighted by Gasteiger charge is -2.31. The quantitative estimate of drug-likeness (QED) is 0.801. The molecule has 2 heteroatoms. The van der Waals surface area contributed by atoms with Crippen molar-refractivity contribution in [3.8, 4) is 0 Å². The molecule has 0 saturated carbocycles. The van der Waals surface area contributed by atoms with E-state index in [0.29, 0.717) is 6.04 Å². The highest BCUT2D eigenvalue weighted by Gasteiger charge is 2.19. The van der Waals surface area contributed by atoms with E-state index in [0.717, 1.165) is 13.0 Å². The Kier molecular flexibility index (Phi) is 4.79. The third kappa shape index (κ3) is 3.33. The Morgan fingerprint density at radius 1 is 1.27 bits per heavy atom. The smallest absolute Gasteiger partial charge is 0.0493 e. The SMILES string of the molecule is CCCN(C)C(c1ccccc1)C(C)N. The summed E-state index contributed by atoms with van der Waals surface area (Å²) in [6.45, 7) is 5.35. The van der Waals surface area contributed by atoms with Gasteiger partial charge < -0.3 is 5.73 Å². The fourth-order valence-corrected chi connectivity index (χ4v) is 2.10. The van der Waals surface area contributed by atoms with Crippen LogP contribution in [0.5, 0.6) is 0 Å². The van der Waals surface area contributed by atoms with Gasteiger partial charge in [0.15, 0.2) is 0 Å². The van der Waals surface area contributed by atoms with E-state index < -0.39 is 0 Å². The van der Waals surface area contributed by atoms with Crippen molar-refractivity contribution in [2.75, 3.05) is 13.6 Å². The molecule has 1 aromatic carbocycles. The third-order valence-electron chi connectivity index (χ3n) is 2.69. The average Bonchev–Trinajstić information content (AvgIpc) is 2.19. The first kappa shape index (κ1) is 12.2. The van der Waals surface area contributed by atoms with Crippen LogP contribution in [0.15, 0.2) is 30.3 Å². The van der Waals surface area contributed by atoms with E-state index in [1.54, 1.807) is 0 Å². The zero-order valence-electron chi connectivity index (χ0n) is 9.98. The van der Waals surface area contributed by atoms with E-state index in [9.17, 15) is 0 Å². The van der Waals surface area contributed by atoms with Gasteiger partial charge in [0.1, 0.15) is 0 Å². The van der Waals surface area contributed by atoms with Crippen molar-refractivity contribution < 1.29 is 0 Å². The molecular formula is C13H22N2. The zero-order valence-corrected chi connectivity index (χ0v) is 9.98. The minimum Gasteiger partial charge on any atom is -0.326 e. The second-order valence-corrected chi connectivity index (χ2v) is 4.20. The molecule has 15 heavy (non-hydrogen) atoms. The molecule has 0 saturated heterocycles. The van der Waals surface area contributed by atoms with Crippen LogP contribution in [-0.2, 0) is 0 Å². The average molecular weight is 206 g/mol. The molecule has 1 aromatic rings. The van der Waals surface area contributed by atoms with E-state index in [1.165, 1.54) is 5.56 Å². The van der Waals surface area contributed by atoms with Crippen LogP contribution in [0.4, 0.5) is 0 Å². The highest BCUT2D eigenvalue weighted by atomic mass is 15.1. The summed E-state index contributed by atoms with van der Waals surface area (Å²) in [5.41, 5.74) is 7.37. The third-order valence-corrected chi connectivity index (χ3v) is 2.69. The molecule has 0 aliphatic rings. The van der Waals surface area contributed by atoms with Crippen molar-refractivity contribution in [3.05, 3.63) is 35.9 Å². The summed E-state index contributed by atoms with van der Waals surface area (Å²) in [5.74, 6) is 0. The van der Waals surface area contributed by atoms with Gasteiger partial charge in [-0.05, 0) is 32.5 Å². The van der Waals surface area contributed by atoms with Crippen molar-refractivity contribution in [2.24, 2.45) is 5.73 Å². The van der Waals surface area contributed by atoms with Gasteiger partial charge in [0.2, 0.25) is 0 Å². The Labute approximate surface area is 93.1 Å². The second kappa shape index (κ2) is 5.89. The molecule has 2 N–H and O–H groups in total. The summed E-state index contributed by atoms with van der Waals surface area (Å²) >= 11 is 0. The van der Waals surface area contributed by atoms with Crippen LogP contribution in [0, 0.1) is 0 Å². The topological polar surface area (TPSA) is 29.3 Å². The van der Waals surface area contributed by atoms with Crippen LogP contribution in [0.2, 0.25) is 0 Å². The summed E-state index contributed by atoms with van der Waals surface area (Å²) in [6, 6.07) is 11.0. The minimum atomic E-state index is 0.156. The van der Waals surface area contributed by atoms with Gasteiger partial charge >= 0.3 is 0 Å². The monoisotopic (exact) mass is 206 g/mol. The van der Waals surface area contributed by atoms with Crippen LogP contribution in [-0.4, -0.2) is 24.5 Å². The molecule has 2 nitrogen and oxygen atoms in total. The maximum atomic E-state index is 6.06. The van der Waals surface area contributed by atoms with E-state index >= 15 is 0 Å². The number of likely N-dealkylation sites (N-methyl/N-ethyl adjacent to an activating group) is 1. The van der Waals surface area contributed by atoms with E-state index in [1.807, 2.05) is 6.07 Å². The molecule has 0 radical (unpaired) electrons. The van der Waals surface area contributed by atoms with Crippen molar-refractivity contribution in [1.82, 2.24) is 4.90 Å². The van der Waals surface area contributed by atoms with Gasteiger partial charge in [0, 0.05) is 12.1 Å². The Bertz CT molecular complexity index is 269. The molecule has 0 bridgehead atoms. The summed E-state index contributed by atoms with van der Waals surface area (Å²) in [4.78, 5) is 2.33. The second-order valence-electron chi connectivity index (χ2n) is 4.20. The summed E-state index contributed by atoms with van der Waals surface area (Å²) in [6.07, 6.45) is 1.16. The van der Waals surface area contributed by atoms with Crippen LogP contribution in [0.3, 0.4) is 0 Å². The molecule has 1 rings (SSSR count). The van der Waals surface area contributed by atoms with Crippen molar-refractivity contribution in [2.45, 2.75) is 32.4 Å². The van der Waals surface area contributed by atoms with Gasteiger partial charge in [-0.1, -0.05) is 37.3 Å². The largest absolute Gasteiger partial charge is 0.326 e. The first-order chi connectivity index (χ1) is 7.16. The summed E-state index contributed by atoms with van der Waals surface area (Å²) in [5, 5.41) is 0. The first-order valence-corrected chi connectivity index (χ1v) is 5.67. The molecule has 0 spiro atoms. The first-order valence-electron chi connectivity index (χ1n) is 5.67. The van der Waals surface area contributed by atoms with E-state index in [2.05, 4.69) is 50.1 Å². The zero-order chi connectivity index (χ0) is 11.3. The summed E-state index contributed by atoms with van der Waals surface area (Å²) in [7, 11) is 2.14. The molecule has 0 aliphatic carbocycles. The Morgan fingerprint density at radius 3 is 2.33 bits per heavy atom. The Morgan fingerprint density at radius 2 is 1.87 bits per heavy atom. The summed E-state index contributed by atoms with van der Waals surface area (Å²) < 4.78 is 0. The van der Waals surface area contributed by atoms with Gasteiger partial charge in [-0.2, -0.15) is 0 Å². The van der Waals surface area contributed by atoms with Crippen molar-refractivity contribution in [3.63, 3.8) is 0 Å². The molecule has 2 atom stereocenters. The lowest BCUT2D eigenvalue weighted by Crippen LogP contribution is -2.37. The highest BCUT2D eigenvalue weighted by molar-refractivity contribution is 5.20. The van der Waals surface area contributed by atoms with Crippen LogP contribution < -0.4 is 5.73 Å². The molecule has 2 unspecified atom stereocenters. The lowest BCUT2D eigenvalue weighted by atomic mass is 9.99. The molecule has 0 heterocycles. The molecule has 84 valence electrons. The lowest BCUT2D eigenvalue weighted by molar-refractivity contribution is 0.219. The van der Waals surface area contributed by atoms with Crippen molar-refractivity contribution >= 4 is 0 Å². The van der Waals surface area contributed by atoms with Crippen LogP contribution in [0.25, 0.3) is 0 Å². The highest BCUT2D eigenvalue weighted by Crippen LogP contribution is 2.21. The normalized spacial score (nSPS) is 15.3. The Balaban J connectivity index is 2.83. The van der Waals surface area contributed by atoms with E-state index in [4.69, 9.17) is 5.73 Å². The number of nitrogens with two attached hydrogens (primary N) is 1. The van der Waals surface area contributed by atoms with Crippen molar-refractivity contribution in [1.29, 1.82) is 0 Å². The van der Waals surface area contributed by atoms with Gasteiger partial charge in [0.25, 0.3) is 0 Å². The van der Waals surface area contributed by atoms with E-state index in [-0.39, 0.29) is 6.04 Å².